The molecule has 1 saturated heterocycles. The van der Waals surface area contributed by atoms with E-state index in [4.69, 9.17) is 0 Å². The van der Waals surface area contributed by atoms with Gasteiger partial charge in [-0.25, -0.2) is 14.8 Å². The maximum absolute atomic E-state index is 11.4. The first-order chi connectivity index (χ1) is 10.1. The predicted octanol–water partition coefficient (Wildman–Crippen LogP) is 2.62. The van der Waals surface area contributed by atoms with Crippen LogP contribution in [-0.4, -0.2) is 51.3 Å². The molecule has 21 heavy (non-hydrogen) atoms. The molecule has 0 aromatic carbocycles. The van der Waals surface area contributed by atoms with Gasteiger partial charge in [-0.05, 0) is 45.8 Å². The van der Waals surface area contributed by atoms with Crippen LogP contribution in [0.1, 0.15) is 48.1 Å². The second-order valence-corrected chi connectivity index (χ2v) is 6.40. The second kappa shape index (κ2) is 7.75. The van der Waals surface area contributed by atoms with Crippen molar-refractivity contribution >= 4 is 17.7 Å². The quantitative estimate of drug-likeness (QED) is 0.474. The summed E-state index contributed by atoms with van der Waals surface area (Å²) in [6.45, 7) is 7.24. The number of carboxylic acid groups (broad SMARTS) is 1. The number of rotatable bonds is 7. The zero-order valence-electron chi connectivity index (χ0n) is 12.8. The highest BCUT2D eigenvalue weighted by Crippen LogP contribution is 2.24. The summed E-state index contributed by atoms with van der Waals surface area (Å²) in [5, 5.41) is 9.96. The molecular formula is C15H23N3O2S. The molecule has 5 nitrogen and oxygen atoms in total. The molecule has 0 radical (unpaired) electrons. The Morgan fingerprint density at radius 2 is 2.05 bits per heavy atom. The lowest BCUT2D eigenvalue weighted by atomic mass is 10.2. The summed E-state index contributed by atoms with van der Waals surface area (Å²) in [5.74, 6) is 0.688. The van der Waals surface area contributed by atoms with Gasteiger partial charge in [-0.3, -0.25) is 0 Å². The van der Waals surface area contributed by atoms with Crippen LogP contribution in [0.4, 0.5) is 0 Å². The van der Waals surface area contributed by atoms with Gasteiger partial charge in [-0.1, -0.05) is 6.92 Å². The third-order valence-corrected chi connectivity index (χ3v) is 4.75. The van der Waals surface area contributed by atoms with Crippen molar-refractivity contribution < 1.29 is 9.90 Å². The Bertz CT molecular complexity index is 502. The lowest BCUT2D eigenvalue weighted by Crippen LogP contribution is -2.20. The Balaban J connectivity index is 1.96. The van der Waals surface area contributed by atoms with Gasteiger partial charge in [0.2, 0.25) is 0 Å². The second-order valence-electron chi connectivity index (χ2n) is 5.31. The Morgan fingerprint density at radius 1 is 1.33 bits per heavy atom. The molecule has 0 saturated carbocycles. The number of hydrogen-bond donors (Lipinski definition) is 1. The van der Waals surface area contributed by atoms with Crippen molar-refractivity contribution in [1.82, 2.24) is 14.9 Å². The maximum atomic E-state index is 11.4. The van der Waals surface area contributed by atoms with Gasteiger partial charge in [0.1, 0.15) is 16.4 Å². The van der Waals surface area contributed by atoms with Crippen molar-refractivity contribution in [2.75, 3.05) is 25.4 Å². The van der Waals surface area contributed by atoms with Crippen molar-refractivity contribution in [3.63, 3.8) is 0 Å². The van der Waals surface area contributed by atoms with Gasteiger partial charge in [0, 0.05) is 12.2 Å². The largest absolute Gasteiger partial charge is 0.478 e. The fourth-order valence-electron chi connectivity index (χ4n) is 2.57. The lowest BCUT2D eigenvalue weighted by Gasteiger charge is -2.14. The zero-order chi connectivity index (χ0) is 15.2. The molecule has 0 bridgehead atoms. The molecule has 0 aliphatic carbocycles. The third kappa shape index (κ3) is 4.41. The van der Waals surface area contributed by atoms with E-state index in [2.05, 4.69) is 14.9 Å². The van der Waals surface area contributed by atoms with Crippen LogP contribution in [0, 0.1) is 6.92 Å². The molecule has 1 aliphatic rings. The number of aromatic nitrogens is 2. The van der Waals surface area contributed by atoms with Crippen LogP contribution in [0.25, 0.3) is 0 Å². The standard InChI is InChI=1S/C15H23N3O2S/c1-3-12-16-11(2)13(15(19)20)14(17-12)21-10-6-9-18-7-4-5-8-18/h3-10H2,1-2H3,(H,19,20). The summed E-state index contributed by atoms with van der Waals surface area (Å²) in [5.41, 5.74) is 0.828. The first-order valence-corrected chi connectivity index (χ1v) is 8.56. The van der Waals surface area contributed by atoms with Gasteiger partial charge >= 0.3 is 5.97 Å². The highest BCUT2D eigenvalue weighted by molar-refractivity contribution is 7.99. The summed E-state index contributed by atoms with van der Waals surface area (Å²) in [6.07, 6.45) is 4.40. The van der Waals surface area contributed by atoms with E-state index in [1.54, 1.807) is 18.7 Å². The molecule has 0 atom stereocenters. The van der Waals surface area contributed by atoms with Crippen molar-refractivity contribution in [2.24, 2.45) is 0 Å². The van der Waals surface area contributed by atoms with Gasteiger partial charge < -0.3 is 10.0 Å². The smallest absolute Gasteiger partial charge is 0.340 e. The Morgan fingerprint density at radius 3 is 2.67 bits per heavy atom. The van der Waals surface area contributed by atoms with Crippen LogP contribution < -0.4 is 0 Å². The normalized spacial score (nSPS) is 15.5. The molecule has 1 fully saturated rings. The molecule has 0 amide bonds. The molecule has 1 aromatic heterocycles. The third-order valence-electron chi connectivity index (χ3n) is 3.69. The van der Waals surface area contributed by atoms with Crippen LogP contribution in [0.3, 0.4) is 0 Å². The summed E-state index contributed by atoms with van der Waals surface area (Å²) in [7, 11) is 0. The van der Waals surface area contributed by atoms with Gasteiger partial charge in [-0.2, -0.15) is 0 Å². The first kappa shape index (κ1) is 16.2. The van der Waals surface area contributed by atoms with Crippen LogP contribution in [-0.2, 0) is 6.42 Å². The van der Waals surface area contributed by atoms with Gasteiger partial charge in [0.05, 0.1) is 5.69 Å². The highest BCUT2D eigenvalue weighted by atomic mass is 32.2. The fourth-order valence-corrected chi connectivity index (χ4v) is 3.59. The molecule has 0 spiro atoms. The number of aryl methyl sites for hydroxylation is 2. The average molecular weight is 309 g/mol. The number of thioether (sulfide) groups is 1. The Labute approximate surface area is 130 Å². The van der Waals surface area contributed by atoms with Gasteiger partial charge in [-0.15, -0.1) is 11.8 Å². The molecular weight excluding hydrogens is 286 g/mol. The molecule has 1 aromatic rings. The molecule has 1 N–H and O–H groups in total. The number of hydrogen-bond acceptors (Lipinski definition) is 5. The van der Waals surface area contributed by atoms with E-state index < -0.39 is 5.97 Å². The van der Waals surface area contributed by atoms with Crippen molar-refractivity contribution in [2.45, 2.75) is 44.6 Å². The van der Waals surface area contributed by atoms with Crippen LogP contribution >= 0.6 is 11.8 Å². The molecule has 116 valence electrons. The SMILES string of the molecule is CCc1nc(C)c(C(=O)O)c(SCCCN2CCCC2)n1. The number of likely N-dealkylation sites (tertiary alicyclic amines) is 1. The number of nitrogens with zero attached hydrogens (tertiary/aromatic N) is 3. The summed E-state index contributed by atoms with van der Waals surface area (Å²) in [4.78, 5) is 22.5. The highest BCUT2D eigenvalue weighted by Gasteiger charge is 2.18. The summed E-state index contributed by atoms with van der Waals surface area (Å²) < 4.78 is 0. The van der Waals surface area contributed by atoms with E-state index in [-0.39, 0.29) is 5.56 Å². The number of carbonyl (C=O) groups is 1. The summed E-state index contributed by atoms with van der Waals surface area (Å²) in [6, 6.07) is 0. The van der Waals surface area contributed by atoms with E-state index in [1.807, 2.05) is 6.92 Å². The van der Waals surface area contributed by atoms with Crippen LogP contribution in [0.15, 0.2) is 5.03 Å². The monoisotopic (exact) mass is 309 g/mol. The zero-order valence-corrected chi connectivity index (χ0v) is 13.6. The minimum Gasteiger partial charge on any atom is -0.478 e. The van der Waals surface area contributed by atoms with Crippen LogP contribution in [0.5, 0.6) is 0 Å². The number of aromatic carboxylic acids is 1. The van der Waals surface area contributed by atoms with Crippen molar-refractivity contribution in [1.29, 1.82) is 0 Å². The topological polar surface area (TPSA) is 66.3 Å². The Hall–Kier alpha value is -1.14. The van der Waals surface area contributed by atoms with E-state index in [0.717, 1.165) is 31.0 Å². The van der Waals surface area contributed by atoms with Gasteiger partial charge in [0.15, 0.2) is 0 Å². The Kier molecular flexibility index (Phi) is 5.99. The van der Waals surface area contributed by atoms with E-state index in [1.165, 1.54) is 25.9 Å². The minimum absolute atomic E-state index is 0.262. The van der Waals surface area contributed by atoms with E-state index in [9.17, 15) is 9.90 Å². The lowest BCUT2D eigenvalue weighted by molar-refractivity contribution is 0.0690. The maximum Gasteiger partial charge on any atom is 0.340 e. The molecule has 1 aliphatic heterocycles. The average Bonchev–Trinajstić information content (AvgIpc) is 2.95. The first-order valence-electron chi connectivity index (χ1n) is 7.57. The fraction of sp³-hybridized carbons (Fsp3) is 0.667. The van der Waals surface area contributed by atoms with E-state index in [0.29, 0.717) is 10.7 Å². The van der Waals surface area contributed by atoms with E-state index >= 15 is 0 Å². The number of carboxylic acids is 1. The van der Waals surface area contributed by atoms with Crippen molar-refractivity contribution in [3.05, 3.63) is 17.1 Å². The van der Waals surface area contributed by atoms with Gasteiger partial charge in [0.25, 0.3) is 0 Å². The summed E-state index contributed by atoms with van der Waals surface area (Å²) >= 11 is 1.54. The predicted molar refractivity (Wildman–Crippen MR) is 84.1 cm³/mol. The van der Waals surface area contributed by atoms with Crippen LogP contribution in [0.2, 0.25) is 0 Å². The van der Waals surface area contributed by atoms with Crippen molar-refractivity contribution in [3.8, 4) is 0 Å². The molecule has 2 heterocycles. The minimum atomic E-state index is -0.933. The molecule has 6 heteroatoms. The molecule has 0 unspecified atom stereocenters. The molecule has 2 rings (SSSR count).